The van der Waals surface area contributed by atoms with Gasteiger partial charge in [0.1, 0.15) is 0 Å². The van der Waals surface area contributed by atoms with Gasteiger partial charge in [-0.2, -0.15) is 20.3 Å². The number of esters is 1. The summed E-state index contributed by atoms with van der Waals surface area (Å²) >= 11 is 0. The molecule has 0 amide bonds. The number of halogens is 3. The fourth-order valence-electron chi connectivity index (χ4n) is 1.99. The number of aryl methyl sites for hydroxylation is 2. The zero-order valence-electron chi connectivity index (χ0n) is 22.0. The molecule has 2 rings (SSSR count). The summed E-state index contributed by atoms with van der Waals surface area (Å²) in [6.45, 7) is 9.01. The van der Waals surface area contributed by atoms with Gasteiger partial charge in [0.15, 0.2) is 11.6 Å². The van der Waals surface area contributed by atoms with Gasteiger partial charge in [0.25, 0.3) is 0 Å². The first-order chi connectivity index (χ1) is 15.8. The molecule has 0 radical (unpaired) electrons. The van der Waals surface area contributed by atoms with Crippen LogP contribution in [0.25, 0.3) is 0 Å². The van der Waals surface area contributed by atoms with Crippen molar-refractivity contribution in [1.29, 1.82) is 0 Å². The number of benzene rings is 2. The van der Waals surface area contributed by atoms with Crippen molar-refractivity contribution in [3.8, 4) is 0 Å². The molecular formula is C25H29F3Na2O6. The molecule has 0 aromatic heterocycles. The molecule has 188 valence electrons. The van der Waals surface area contributed by atoms with Crippen molar-refractivity contribution in [1.82, 2.24) is 0 Å². The van der Waals surface area contributed by atoms with Gasteiger partial charge in [-0.1, -0.05) is 59.7 Å². The Labute approximate surface area is 254 Å². The summed E-state index contributed by atoms with van der Waals surface area (Å²) in [5.41, 5.74) is 2.90. The average molecular weight is 528 g/mol. The van der Waals surface area contributed by atoms with Gasteiger partial charge >= 0.3 is 71.3 Å². The molecule has 0 fully saturated rings. The Morgan fingerprint density at radius 1 is 0.833 bits per heavy atom. The van der Waals surface area contributed by atoms with Crippen LogP contribution in [0, 0.1) is 13.8 Å². The minimum atomic E-state index is -5.00. The Hall–Kier alpha value is -1.46. The zero-order chi connectivity index (χ0) is 26.9. The summed E-state index contributed by atoms with van der Waals surface area (Å²) in [5.74, 6) is -3.17. The average Bonchev–Trinajstić information content (AvgIpc) is 2.76. The second-order valence-corrected chi connectivity index (χ2v) is 6.58. The van der Waals surface area contributed by atoms with Gasteiger partial charge in [0, 0.05) is 18.1 Å². The van der Waals surface area contributed by atoms with E-state index >= 15 is 0 Å². The Morgan fingerprint density at radius 3 is 1.44 bits per heavy atom. The first-order valence-corrected chi connectivity index (χ1v) is 9.96. The van der Waals surface area contributed by atoms with Crippen molar-refractivity contribution in [2.45, 2.75) is 40.8 Å². The molecule has 0 spiro atoms. The smallest absolute Gasteiger partial charge is 0.869 e. The number of ether oxygens (including phenoxy) is 1. The molecule has 6 nitrogen and oxygen atoms in total. The molecule has 11 heteroatoms. The summed E-state index contributed by atoms with van der Waals surface area (Å²) in [4.78, 5) is 31.8. The van der Waals surface area contributed by atoms with Crippen LogP contribution in [0.4, 0.5) is 13.2 Å². The van der Waals surface area contributed by atoms with Crippen LogP contribution in [-0.2, 0) is 9.53 Å². The normalized spacial score (nSPS) is 9.67. The predicted molar refractivity (Wildman–Crippen MR) is 119 cm³/mol. The van der Waals surface area contributed by atoms with Crippen molar-refractivity contribution in [2.75, 3.05) is 13.7 Å². The van der Waals surface area contributed by atoms with Crippen LogP contribution in [0.2, 0.25) is 0 Å². The van der Waals surface area contributed by atoms with E-state index in [9.17, 15) is 32.7 Å². The van der Waals surface area contributed by atoms with Crippen LogP contribution in [0.1, 0.15) is 52.6 Å². The molecule has 0 aliphatic rings. The van der Waals surface area contributed by atoms with E-state index in [1.165, 1.54) is 24.6 Å². The van der Waals surface area contributed by atoms with Gasteiger partial charge in [0.2, 0.25) is 0 Å². The minimum Gasteiger partial charge on any atom is -0.869 e. The van der Waals surface area contributed by atoms with Gasteiger partial charge in [-0.3, -0.25) is 14.4 Å². The molecule has 0 aliphatic heterocycles. The van der Waals surface area contributed by atoms with E-state index < -0.39 is 17.7 Å². The van der Waals surface area contributed by atoms with E-state index in [-0.39, 0.29) is 82.5 Å². The number of hydrogen-bond donors (Lipinski definition) is 0. The summed E-state index contributed by atoms with van der Waals surface area (Å²) in [6, 6.07) is 13.5. The Bertz CT molecular complexity index is 926. The second kappa shape index (κ2) is 22.7. The molecular weight excluding hydrogens is 499 g/mol. The summed E-state index contributed by atoms with van der Waals surface area (Å²) in [6.07, 6.45) is -4.94. The molecule has 0 unspecified atom stereocenters. The van der Waals surface area contributed by atoms with Crippen LogP contribution in [-0.4, -0.2) is 37.4 Å². The molecule has 0 N–H and O–H groups in total. The molecule has 2 aromatic carbocycles. The van der Waals surface area contributed by atoms with Crippen LogP contribution < -0.4 is 69.3 Å². The first-order valence-electron chi connectivity index (χ1n) is 9.96. The van der Waals surface area contributed by atoms with Crippen molar-refractivity contribution in [2.24, 2.45) is 0 Å². The summed E-state index contributed by atoms with van der Waals surface area (Å²) in [5, 5.41) is 18.8. The molecule has 0 atom stereocenters. The monoisotopic (exact) mass is 528 g/mol. The van der Waals surface area contributed by atoms with Crippen molar-refractivity contribution < 1.29 is 102 Å². The maximum Gasteiger partial charge on any atom is 1.00 e. The number of allylic oxidation sites excluding steroid dienone is 2. The number of rotatable bonds is 4. The number of carbonyl (C=O) groups is 3. The zero-order valence-corrected chi connectivity index (χ0v) is 26.0. The van der Waals surface area contributed by atoms with Crippen LogP contribution in [0.3, 0.4) is 0 Å². The quantitative estimate of drug-likeness (QED) is 0.146. The molecule has 0 aliphatic carbocycles. The van der Waals surface area contributed by atoms with E-state index in [1.54, 1.807) is 32.9 Å². The first kappa shape index (κ1) is 41.7. The fraction of sp³-hybridized carbons (Fsp3) is 0.320. The molecule has 0 heterocycles. The fourth-order valence-corrected chi connectivity index (χ4v) is 1.99. The van der Waals surface area contributed by atoms with E-state index in [0.717, 1.165) is 18.2 Å². The van der Waals surface area contributed by atoms with Crippen molar-refractivity contribution in [3.63, 3.8) is 0 Å². The van der Waals surface area contributed by atoms with E-state index in [1.807, 2.05) is 31.2 Å². The predicted octanol–water partition coefficient (Wildman–Crippen LogP) is -2.26. The number of carbonyl (C=O) groups excluding carboxylic acids is 3. The molecule has 2 aromatic rings. The third kappa shape index (κ3) is 20.7. The number of Topliss-reactive ketones (excluding diaryl/α,β-unsaturated/α-hetero) is 1. The molecule has 0 saturated carbocycles. The third-order valence-electron chi connectivity index (χ3n) is 3.68. The maximum absolute atomic E-state index is 11.9. The molecule has 36 heavy (non-hydrogen) atoms. The molecule has 0 bridgehead atoms. The minimum absolute atomic E-state index is 0. The standard InChI is InChI=1S/C11H9F3O2.C9H10O.C4H8O2.CH3O.2Na/c1-7-2-4-8(5-3-7)9(15)6-10(16)11(12,13)14;1-7-3-5-9(6-4-7)8(2)10;1-3-6-4(2)5;1-2;;/h2-6,16H,1H3;3-6H,1-2H3;3H2,1-2H3;1H3;;/q;;;-1;2*+1/p-1/b10-6-;;;;;. The van der Waals surface area contributed by atoms with Crippen molar-refractivity contribution >= 4 is 17.5 Å². The number of ketones is 2. The summed E-state index contributed by atoms with van der Waals surface area (Å²) in [7, 11) is 0.750. The van der Waals surface area contributed by atoms with E-state index in [2.05, 4.69) is 4.74 Å². The van der Waals surface area contributed by atoms with Gasteiger partial charge in [-0.05, 0) is 39.5 Å². The van der Waals surface area contributed by atoms with Gasteiger partial charge in [-0.15, -0.1) is 0 Å². The largest absolute Gasteiger partial charge is 1.00 e. The van der Waals surface area contributed by atoms with E-state index in [4.69, 9.17) is 5.11 Å². The topological polar surface area (TPSA) is 107 Å². The van der Waals surface area contributed by atoms with Gasteiger partial charge < -0.3 is 14.9 Å². The Balaban J connectivity index is -0.000000221. The number of hydrogen-bond acceptors (Lipinski definition) is 6. The van der Waals surface area contributed by atoms with Crippen molar-refractivity contribution in [3.05, 3.63) is 82.6 Å². The Kier molecular flexibility index (Phi) is 26.3. The Morgan fingerprint density at radius 2 is 1.19 bits per heavy atom. The molecule has 0 saturated heterocycles. The van der Waals surface area contributed by atoms with Crippen LogP contribution in [0.5, 0.6) is 0 Å². The second-order valence-electron chi connectivity index (χ2n) is 6.58. The summed E-state index contributed by atoms with van der Waals surface area (Å²) < 4.78 is 40.0. The van der Waals surface area contributed by atoms with Crippen LogP contribution in [0.15, 0.2) is 60.4 Å². The van der Waals surface area contributed by atoms with Gasteiger partial charge in [0.05, 0.1) is 6.61 Å². The van der Waals surface area contributed by atoms with E-state index in [0.29, 0.717) is 6.61 Å². The maximum atomic E-state index is 11.9. The number of alkyl halides is 3. The van der Waals surface area contributed by atoms with Gasteiger partial charge in [-0.25, -0.2) is 0 Å². The van der Waals surface area contributed by atoms with Crippen LogP contribution >= 0.6 is 0 Å². The SMILES string of the molecule is CC(=O)c1ccc(C)cc1.CCOC(C)=O.C[O-].Cc1ccc(C(=O)/C=C(\[O-])C(F)(F)F)cc1.[Na+].[Na+]. The third-order valence-corrected chi connectivity index (χ3v) is 3.68.